The number of hydrogen-bond donors (Lipinski definition) is 4. The van der Waals surface area contributed by atoms with Crippen molar-refractivity contribution in [2.24, 2.45) is 0 Å². The third-order valence-electron chi connectivity index (χ3n) is 1.48. The minimum atomic E-state index is -1.24. The highest BCUT2D eigenvalue weighted by Crippen LogP contribution is 1.76. The van der Waals surface area contributed by atoms with Gasteiger partial charge in [0.1, 0.15) is 0 Å². The molecule has 0 aromatic heterocycles. The van der Waals surface area contributed by atoms with E-state index in [-0.39, 0.29) is 13.1 Å². The van der Waals surface area contributed by atoms with Crippen LogP contribution in [0.2, 0.25) is 0 Å². The smallest absolute Gasteiger partial charge is 0.328 e. The van der Waals surface area contributed by atoms with Crippen LogP contribution in [0.15, 0.2) is 24.3 Å². The van der Waals surface area contributed by atoms with Gasteiger partial charge in [-0.15, -0.1) is 0 Å². The lowest BCUT2D eigenvalue weighted by Gasteiger charge is -2.02. The normalized spacial score (nSPS) is 10.4. The maximum Gasteiger partial charge on any atom is 0.328 e. The Morgan fingerprint density at radius 2 is 1.06 bits per heavy atom. The van der Waals surface area contributed by atoms with Crippen LogP contribution < -0.4 is 10.6 Å². The first-order chi connectivity index (χ1) is 8.41. The van der Waals surface area contributed by atoms with Crippen LogP contribution in [0.25, 0.3) is 0 Å². The average Bonchev–Trinajstić information content (AvgIpc) is 2.29. The van der Waals surface area contributed by atoms with E-state index < -0.39 is 23.8 Å². The molecular formula is C10H12N2O6. The van der Waals surface area contributed by atoms with Gasteiger partial charge in [-0.25, -0.2) is 9.59 Å². The average molecular weight is 256 g/mol. The Balaban J connectivity index is 3.74. The summed E-state index contributed by atoms with van der Waals surface area (Å²) in [6.07, 6.45) is 3.05. The van der Waals surface area contributed by atoms with E-state index >= 15 is 0 Å². The van der Waals surface area contributed by atoms with Crippen LogP contribution in [0.1, 0.15) is 0 Å². The fraction of sp³-hybridized carbons (Fsp3) is 0.200. The van der Waals surface area contributed by atoms with E-state index in [4.69, 9.17) is 10.2 Å². The van der Waals surface area contributed by atoms with Crippen LogP contribution in [0.4, 0.5) is 0 Å². The Labute approximate surface area is 102 Å². The van der Waals surface area contributed by atoms with Crippen LogP contribution in [0.5, 0.6) is 0 Å². The number of hydrogen-bond acceptors (Lipinski definition) is 4. The Kier molecular flexibility index (Phi) is 7.26. The Morgan fingerprint density at radius 1 is 0.722 bits per heavy atom. The summed E-state index contributed by atoms with van der Waals surface area (Å²) in [7, 11) is 0. The van der Waals surface area contributed by atoms with E-state index in [9.17, 15) is 19.2 Å². The molecule has 0 saturated heterocycles. The number of aliphatic carboxylic acids is 2. The molecule has 0 rings (SSSR count). The van der Waals surface area contributed by atoms with Crippen LogP contribution in [-0.4, -0.2) is 47.1 Å². The first kappa shape index (κ1) is 15.4. The standard InChI is InChI=1S/C10H12N2O6/c13-7(1-3-9(15)16)11-5-6-12-8(14)2-4-10(17)18/h1-4H,5-6H2,(H,11,13)(H,12,14)(H,15,16)(H,17,18)/b3-1-,4-2+. The number of carbonyl (C=O) groups excluding carboxylic acids is 2. The number of carboxylic acid groups (broad SMARTS) is 2. The molecule has 0 aliphatic heterocycles. The summed E-state index contributed by atoms with van der Waals surface area (Å²) in [5.74, 6) is -3.69. The minimum absolute atomic E-state index is 0.0927. The first-order valence-electron chi connectivity index (χ1n) is 4.79. The number of nitrogens with one attached hydrogen (secondary N) is 2. The lowest BCUT2D eigenvalue weighted by Crippen LogP contribution is -2.33. The maximum atomic E-state index is 10.9. The van der Waals surface area contributed by atoms with Gasteiger partial charge in [-0.2, -0.15) is 0 Å². The molecule has 0 aliphatic carbocycles. The molecule has 0 heterocycles. The van der Waals surface area contributed by atoms with Crippen molar-refractivity contribution >= 4 is 23.8 Å². The third kappa shape index (κ3) is 9.90. The molecule has 0 bridgehead atoms. The maximum absolute atomic E-state index is 10.9. The molecule has 0 atom stereocenters. The van der Waals surface area contributed by atoms with E-state index in [1.54, 1.807) is 0 Å². The van der Waals surface area contributed by atoms with Gasteiger partial charge < -0.3 is 20.8 Å². The number of carboxylic acids is 2. The van der Waals surface area contributed by atoms with Crippen molar-refractivity contribution in [2.45, 2.75) is 0 Å². The zero-order valence-corrected chi connectivity index (χ0v) is 9.25. The van der Waals surface area contributed by atoms with E-state index in [1.165, 1.54) is 0 Å². The second-order valence-electron chi connectivity index (χ2n) is 2.93. The Bertz CT molecular complexity index is 361. The highest BCUT2D eigenvalue weighted by molar-refractivity contribution is 5.94. The van der Waals surface area contributed by atoms with Gasteiger partial charge in [-0.05, 0) is 0 Å². The van der Waals surface area contributed by atoms with E-state index in [1.807, 2.05) is 0 Å². The molecule has 0 aromatic rings. The van der Waals surface area contributed by atoms with Crippen LogP contribution in [0, 0.1) is 0 Å². The molecule has 0 radical (unpaired) electrons. The van der Waals surface area contributed by atoms with E-state index in [0.717, 1.165) is 12.2 Å². The van der Waals surface area contributed by atoms with Gasteiger partial charge >= 0.3 is 11.9 Å². The molecule has 0 saturated carbocycles. The molecule has 0 unspecified atom stereocenters. The molecule has 98 valence electrons. The molecule has 0 aromatic carbocycles. The first-order valence-corrected chi connectivity index (χ1v) is 4.79. The zero-order chi connectivity index (χ0) is 14.0. The van der Waals surface area contributed by atoms with Gasteiger partial charge in [-0.1, -0.05) is 0 Å². The predicted octanol–water partition coefficient (Wildman–Crippen LogP) is -1.50. The van der Waals surface area contributed by atoms with Gasteiger partial charge in [0, 0.05) is 37.4 Å². The summed E-state index contributed by atoms with van der Waals surface area (Å²) >= 11 is 0. The highest BCUT2D eigenvalue weighted by atomic mass is 16.4. The number of carbonyl (C=O) groups is 4. The summed E-state index contributed by atoms with van der Waals surface area (Å²) in [4.78, 5) is 42.0. The topological polar surface area (TPSA) is 133 Å². The summed E-state index contributed by atoms with van der Waals surface area (Å²) in [5, 5.41) is 21.1. The van der Waals surface area contributed by atoms with Crippen molar-refractivity contribution < 1.29 is 29.4 Å². The SMILES string of the molecule is O=C(O)/C=C\C(=O)NCCNC(=O)/C=C/C(=O)O. The van der Waals surface area contributed by atoms with Crippen LogP contribution >= 0.6 is 0 Å². The molecule has 8 heteroatoms. The molecule has 4 N–H and O–H groups in total. The van der Waals surface area contributed by atoms with Crippen molar-refractivity contribution in [1.29, 1.82) is 0 Å². The fourth-order valence-corrected chi connectivity index (χ4v) is 0.783. The summed E-state index contributed by atoms with van der Waals surface area (Å²) in [6.45, 7) is 0.185. The highest BCUT2D eigenvalue weighted by Gasteiger charge is 1.98. The zero-order valence-electron chi connectivity index (χ0n) is 9.25. The van der Waals surface area contributed by atoms with E-state index in [0.29, 0.717) is 12.2 Å². The molecular weight excluding hydrogens is 244 g/mol. The van der Waals surface area contributed by atoms with Crippen LogP contribution in [-0.2, 0) is 19.2 Å². The fourth-order valence-electron chi connectivity index (χ4n) is 0.783. The monoisotopic (exact) mass is 256 g/mol. The van der Waals surface area contributed by atoms with Gasteiger partial charge in [-0.3, -0.25) is 9.59 Å². The number of rotatable bonds is 7. The van der Waals surface area contributed by atoms with Crippen LogP contribution in [0.3, 0.4) is 0 Å². The Morgan fingerprint density at radius 3 is 1.33 bits per heavy atom. The molecule has 0 aliphatic rings. The minimum Gasteiger partial charge on any atom is -0.478 e. The van der Waals surface area contributed by atoms with Gasteiger partial charge in [0.05, 0.1) is 0 Å². The lowest BCUT2D eigenvalue weighted by molar-refractivity contribution is -0.132. The lowest BCUT2D eigenvalue weighted by atomic mass is 10.4. The van der Waals surface area contributed by atoms with Gasteiger partial charge in [0.25, 0.3) is 0 Å². The van der Waals surface area contributed by atoms with Crippen molar-refractivity contribution in [3.8, 4) is 0 Å². The molecule has 0 fully saturated rings. The van der Waals surface area contributed by atoms with Gasteiger partial charge in [0.2, 0.25) is 11.8 Å². The van der Waals surface area contributed by atoms with Crippen molar-refractivity contribution in [1.82, 2.24) is 10.6 Å². The second kappa shape index (κ2) is 8.50. The largest absolute Gasteiger partial charge is 0.478 e. The summed E-state index contributed by atoms with van der Waals surface area (Å²) in [5.41, 5.74) is 0. The van der Waals surface area contributed by atoms with Gasteiger partial charge in [0.15, 0.2) is 0 Å². The van der Waals surface area contributed by atoms with Crippen molar-refractivity contribution in [3.63, 3.8) is 0 Å². The summed E-state index contributed by atoms with van der Waals surface area (Å²) in [6, 6.07) is 0. The Hall–Kier alpha value is -2.64. The quantitative estimate of drug-likeness (QED) is 0.323. The van der Waals surface area contributed by atoms with E-state index in [2.05, 4.69) is 10.6 Å². The summed E-state index contributed by atoms with van der Waals surface area (Å²) < 4.78 is 0. The van der Waals surface area contributed by atoms with Crippen molar-refractivity contribution in [3.05, 3.63) is 24.3 Å². The molecule has 18 heavy (non-hydrogen) atoms. The second-order valence-corrected chi connectivity index (χ2v) is 2.93. The predicted molar refractivity (Wildman–Crippen MR) is 59.6 cm³/mol. The van der Waals surface area contributed by atoms with Crippen molar-refractivity contribution in [2.75, 3.05) is 13.1 Å². The molecule has 2 amide bonds. The molecule has 8 nitrogen and oxygen atoms in total. The number of amides is 2. The molecule has 0 spiro atoms. The third-order valence-corrected chi connectivity index (χ3v) is 1.48.